The van der Waals surface area contributed by atoms with Gasteiger partial charge in [-0.1, -0.05) is 30.0 Å². The van der Waals surface area contributed by atoms with E-state index in [9.17, 15) is 14.4 Å². The van der Waals surface area contributed by atoms with E-state index < -0.39 is 18.4 Å². The zero-order chi connectivity index (χ0) is 19.7. The Kier molecular flexibility index (Phi) is 5.29. The molecule has 1 saturated heterocycles. The van der Waals surface area contributed by atoms with Crippen LogP contribution >= 0.6 is 24.0 Å². The summed E-state index contributed by atoms with van der Waals surface area (Å²) in [5.41, 5.74) is 0.344. The number of pyridine rings is 1. The number of nitrogens with one attached hydrogen (secondary N) is 1. The van der Waals surface area contributed by atoms with Crippen LogP contribution in [0.1, 0.15) is 19.4 Å². The summed E-state index contributed by atoms with van der Waals surface area (Å²) >= 11 is 6.05. The topological polar surface area (TPSA) is 104 Å². The zero-order valence-corrected chi connectivity index (χ0v) is 16.1. The standard InChI is InChI=1S/C17H16N4O4S2/c1-9(2)18-14-10(15(24)20-6-4-3-5-12(20)19-14)7-11-16(25)21(8-13(22)23)17(26)27-11/h3-7,9,18H,8H2,1-2H3,(H,22,23). The van der Waals surface area contributed by atoms with E-state index in [1.54, 1.807) is 24.4 Å². The smallest absolute Gasteiger partial charge is 0.323 e. The second kappa shape index (κ2) is 7.49. The summed E-state index contributed by atoms with van der Waals surface area (Å²) in [6, 6.07) is 5.21. The van der Waals surface area contributed by atoms with Crippen LogP contribution in [0.3, 0.4) is 0 Å². The molecule has 0 radical (unpaired) electrons. The predicted molar refractivity (Wildman–Crippen MR) is 108 cm³/mol. The number of carbonyl (C=O) groups is 2. The third-order valence-electron chi connectivity index (χ3n) is 3.64. The van der Waals surface area contributed by atoms with Gasteiger partial charge in [-0.2, -0.15) is 0 Å². The minimum absolute atomic E-state index is 0.0109. The third-order valence-corrected chi connectivity index (χ3v) is 5.01. The Morgan fingerprint density at radius 1 is 1.41 bits per heavy atom. The Labute approximate surface area is 163 Å². The lowest BCUT2D eigenvalue weighted by molar-refractivity contribution is -0.140. The van der Waals surface area contributed by atoms with E-state index >= 15 is 0 Å². The fraction of sp³-hybridized carbons (Fsp3) is 0.235. The Morgan fingerprint density at radius 2 is 2.15 bits per heavy atom. The highest BCUT2D eigenvalue weighted by molar-refractivity contribution is 8.26. The van der Waals surface area contributed by atoms with Crippen LogP contribution in [0.15, 0.2) is 34.1 Å². The van der Waals surface area contributed by atoms with E-state index in [1.165, 1.54) is 10.5 Å². The van der Waals surface area contributed by atoms with Crippen molar-refractivity contribution in [3.05, 3.63) is 45.2 Å². The highest BCUT2D eigenvalue weighted by Gasteiger charge is 2.34. The summed E-state index contributed by atoms with van der Waals surface area (Å²) in [4.78, 5) is 42.0. The fourth-order valence-electron chi connectivity index (χ4n) is 2.52. The van der Waals surface area contributed by atoms with Crippen molar-refractivity contribution in [2.45, 2.75) is 19.9 Å². The van der Waals surface area contributed by atoms with Crippen molar-refractivity contribution in [2.75, 3.05) is 11.9 Å². The van der Waals surface area contributed by atoms with Gasteiger partial charge in [0.1, 0.15) is 22.3 Å². The molecule has 0 spiro atoms. The molecular formula is C17H16N4O4S2. The minimum atomic E-state index is -1.16. The van der Waals surface area contributed by atoms with Crippen molar-refractivity contribution in [1.29, 1.82) is 0 Å². The average molecular weight is 404 g/mol. The summed E-state index contributed by atoms with van der Waals surface area (Å²) in [6.07, 6.45) is 3.01. The maximum atomic E-state index is 12.9. The Morgan fingerprint density at radius 3 is 2.81 bits per heavy atom. The first-order chi connectivity index (χ1) is 12.8. The number of thiocarbonyl (C=S) groups is 1. The van der Waals surface area contributed by atoms with Crippen LogP contribution in [0.25, 0.3) is 11.7 Å². The number of aromatic nitrogens is 2. The molecule has 2 N–H and O–H groups in total. The van der Waals surface area contributed by atoms with Crippen molar-refractivity contribution in [1.82, 2.24) is 14.3 Å². The second-order valence-electron chi connectivity index (χ2n) is 6.07. The molecule has 0 saturated carbocycles. The number of carbonyl (C=O) groups excluding carboxylic acids is 1. The van der Waals surface area contributed by atoms with Gasteiger partial charge < -0.3 is 10.4 Å². The first kappa shape index (κ1) is 19.1. The molecule has 27 heavy (non-hydrogen) atoms. The molecule has 1 fully saturated rings. The predicted octanol–water partition coefficient (Wildman–Crippen LogP) is 1.80. The molecule has 140 valence electrons. The molecule has 1 aliphatic heterocycles. The molecular weight excluding hydrogens is 388 g/mol. The van der Waals surface area contributed by atoms with Crippen LogP contribution in [0.5, 0.6) is 0 Å². The molecule has 2 aromatic rings. The van der Waals surface area contributed by atoms with Gasteiger partial charge in [0.25, 0.3) is 11.5 Å². The van der Waals surface area contributed by atoms with Gasteiger partial charge >= 0.3 is 5.97 Å². The molecule has 0 aromatic carbocycles. The van der Waals surface area contributed by atoms with Crippen molar-refractivity contribution in [3.63, 3.8) is 0 Å². The van der Waals surface area contributed by atoms with E-state index in [4.69, 9.17) is 17.3 Å². The molecule has 1 aliphatic rings. The number of carboxylic acid groups (broad SMARTS) is 1. The van der Waals surface area contributed by atoms with Crippen molar-refractivity contribution in [3.8, 4) is 0 Å². The highest BCUT2D eigenvalue weighted by Crippen LogP contribution is 2.32. The molecule has 3 rings (SSSR count). The van der Waals surface area contributed by atoms with E-state index in [0.29, 0.717) is 11.5 Å². The number of thioether (sulfide) groups is 1. The van der Waals surface area contributed by atoms with Crippen LogP contribution in [0, 0.1) is 0 Å². The number of rotatable bonds is 5. The summed E-state index contributed by atoms with van der Waals surface area (Å²) in [5, 5.41) is 12.1. The first-order valence-corrected chi connectivity index (χ1v) is 9.25. The third kappa shape index (κ3) is 3.86. The van der Waals surface area contributed by atoms with Crippen LogP contribution in [-0.2, 0) is 9.59 Å². The molecule has 1 amide bonds. The molecule has 0 bridgehead atoms. The molecule has 3 heterocycles. The van der Waals surface area contributed by atoms with Gasteiger partial charge in [-0.05, 0) is 32.1 Å². The van der Waals surface area contributed by atoms with Gasteiger partial charge in [0, 0.05) is 12.2 Å². The van der Waals surface area contributed by atoms with E-state index in [0.717, 1.165) is 16.7 Å². The van der Waals surface area contributed by atoms with E-state index in [2.05, 4.69) is 10.3 Å². The zero-order valence-electron chi connectivity index (χ0n) is 14.5. The Bertz CT molecular complexity index is 1040. The quantitative estimate of drug-likeness (QED) is 0.574. The average Bonchev–Trinajstić information content (AvgIpc) is 2.85. The van der Waals surface area contributed by atoms with Gasteiger partial charge in [0.05, 0.1) is 10.5 Å². The highest BCUT2D eigenvalue weighted by atomic mass is 32.2. The largest absolute Gasteiger partial charge is 0.480 e. The van der Waals surface area contributed by atoms with Crippen LogP contribution in [0.4, 0.5) is 5.82 Å². The van der Waals surface area contributed by atoms with Crippen molar-refractivity contribution < 1.29 is 14.7 Å². The summed E-state index contributed by atoms with van der Waals surface area (Å²) in [5.74, 6) is -1.35. The van der Waals surface area contributed by atoms with E-state index in [1.807, 2.05) is 13.8 Å². The lowest BCUT2D eigenvalue weighted by atomic mass is 10.2. The number of anilines is 1. The molecule has 2 aromatic heterocycles. The molecule has 8 nitrogen and oxygen atoms in total. The summed E-state index contributed by atoms with van der Waals surface area (Å²) in [7, 11) is 0. The number of fused-ring (bicyclic) bond motifs is 1. The summed E-state index contributed by atoms with van der Waals surface area (Å²) < 4.78 is 1.52. The Balaban J connectivity index is 2.13. The van der Waals surface area contributed by atoms with Gasteiger partial charge in [0.15, 0.2) is 0 Å². The Hall–Kier alpha value is -2.72. The normalized spacial score (nSPS) is 16.0. The monoisotopic (exact) mass is 404 g/mol. The maximum absolute atomic E-state index is 12.9. The molecule has 0 atom stereocenters. The summed E-state index contributed by atoms with van der Waals surface area (Å²) in [6.45, 7) is 3.29. The van der Waals surface area contributed by atoms with Gasteiger partial charge in [0.2, 0.25) is 0 Å². The number of amides is 1. The van der Waals surface area contributed by atoms with Gasteiger partial charge in [-0.15, -0.1) is 0 Å². The lowest BCUT2D eigenvalue weighted by Gasteiger charge is -2.13. The number of carboxylic acids is 1. The fourth-order valence-corrected chi connectivity index (χ4v) is 3.76. The number of hydrogen-bond donors (Lipinski definition) is 2. The number of hydrogen-bond acceptors (Lipinski definition) is 7. The van der Waals surface area contributed by atoms with Crippen LogP contribution in [-0.4, -0.2) is 48.2 Å². The molecule has 0 aliphatic carbocycles. The van der Waals surface area contributed by atoms with Crippen LogP contribution in [0.2, 0.25) is 0 Å². The minimum Gasteiger partial charge on any atom is -0.480 e. The SMILES string of the molecule is CC(C)Nc1nc2ccccn2c(=O)c1C=C1SC(=S)N(CC(=O)O)C1=O. The van der Waals surface area contributed by atoms with Crippen LogP contribution < -0.4 is 10.9 Å². The lowest BCUT2D eigenvalue weighted by Crippen LogP contribution is -2.33. The maximum Gasteiger partial charge on any atom is 0.323 e. The second-order valence-corrected chi connectivity index (χ2v) is 7.74. The first-order valence-electron chi connectivity index (χ1n) is 8.03. The number of aliphatic carboxylic acids is 1. The van der Waals surface area contributed by atoms with Gasteiger partial charge in [-0.25, -0.2) is 4.98 Å². The molecule has 10 heteroatoms. The van der Waals surface area contributed by atoms with Gasteiger partial charge in [-0.3, -0.25) is 23.7 Å². The van der Waals surface area contributed by atoms with Crippen molar-refractivity contribution in [2.24, 2.45) is 0 Å². The number of nitrogens with zero attached hydrogens (tertiary/aromatic N) is 3. The van der Waals surface area contributed by atoms with Crippen molar-refractivity contribution >= 4 is 57.7 Å². The molecule has 0 unspecified atom stereocenters. The van der Waals surface area contributed by atoms with E-state index in [-0.39, 0.29) is 26.4 Å².